The molecule has 1 unspecified atom stereocenters. The minimum absolute atomic E-state index is 0.0870. The van der Waals surface area contributed by atoms with Gasteiger partial charge in [-0.2, -0.15) is 0 Å². The number of carbonyl (C=O) groups is 1. The van der Waals surface area contributed by atoms with E-state index in [0.717, 1.165) is 16.2 Å². The molecule has 0 aromatic heterocycles. The molecule has 0 bridgehead atoms. The number of benzene rings is 3. The highest BCUT2D eigenvalue weighted by molar-refractivity contribution is 8.20. The molecule has 3 aromatic carbocycles. The fourth-order valence-electron chi connectivity index (χ4n) is 3.20. The lowest BCUT2D eigenvalue weighted by Gasteiger charge is -2.31. The van der Waals surface area contributed by atoms with Crippen molar-refractivity contribution in [2.24, 2.45) is 0 Å². The van der Waals surface area contributed by atoms with E-state index in [1.54, 1.807) is 7.11 Å². The first kappa shape index (κ1) is 21.2. The molecule has 0 amide bonds. The number of hydrogen-bond donors (Lipinski definition) is 1. The van der Waals surface area contributed by atoms with Crippen LogP contribution in [-0.2, 0) is 16.6 Å². The molecule has 1 N–H and O–H groups in total. The summed E-state index contributed by atoms with van der Waals surface area (Å²) in [5.74, 6) is 0.603. The topological polar surface area (TPSA) is 38.3 Å². The number of carbonyl (C=O) groups excluding carboxylic acids is 1. The maximum absolute atomic E-state index is 12.3. The summed E-state index contributed by atoms with van der Waals surface area (Å²) in [4.78, 5) is 12.3. The summed E-state index contributed by atoms with van der Waals surface area (Å²) < 4.78 is 5.57. The van der Waals surface area contributed by atoms with Crippen LogP contribution in [-0.4, -0.2) is 12.9 Å². The van der Waals surface area contributed by atoms with Gasteiger partial charge in [0.25, 0.3) is 0 Å². The maximum Gasteiger partial charge on any atom is 0.157 e. The highest BCUT2D eigenvalue weighted by Gasteiger charge is 2.30. The highest BCUT2D eigenvalue weighted by Crippen LogP contribution is 2.45. The molecule has 0 fully saturated rings. The number of hydrogen-bond acceptors (Lipinski definition) is 3. The summed E-state index contributed by atoms with van der Waals surface area (Å²) in [6, 6.07) is 27.2. The third kappa shape index (κ3) is 4.56. The Morgan fingerprint density at radius 3 is 1.90 bits per heavy atom. The van der Waals surface area contributed by atoms with Gasteiger partial charge in [0.1, 0.15) is 5.75 Å². The smallest absolute Gasteiger partial charge is 0.157 e. The van der Waals surface area contributed by atoms with Crippen LogP contribution in [0.4, 0.5) is 0 Å². The lowest BCUT2D eigenvalue weighted by atomic mass is 9.97. The highest BCUT2D eigenvalue weighted by atomic mass is 32.4. The quantitative estimate of drug-likeness (QED) is 0.429. The monoisotopic (exact) mass is 421 g/mol. The molecule has 0 aliphatic rings. The summed E-state index contributed by atoms with van der Waals surface area (Å²) in [7, 11) is 1.62. The Kier molecular flexibility index (Phi) is 6.81. The molecular formula is C24H24NO2PS. The third-order valence-electron chi connectivity index (χ3n) is 4.80. The number of ketones is 1. The second kappa shape index (κ2) is 9.32. The maximum atomic E-state index is 12.3. The first-order chi connectivity index (χ1) is 14.0. The molecule has 0 heterocycles. The molecular weight excluding hydrogens is 397 g/mol. The summed E-state index contributed by atoms with van der Waals surface area (Å²) in [6.07, 6.45) is -2.45. The molecule has 0 saturated carbocycles. The van der Waals surface area contributed by atoms with Gasteiger partial charge in [0.2, 0.25) is 0 Å². The fraction of sp³-hybridized carbons (Fsp3) is 0.125. The first-order valence-corrected chi connectivity index (χ1v) is 12.1. The normalized spacial score (nSPS) is 12.2. The van der Waals surface area contributed by atoms with E-state index >= 15 is 0 Å². The van der Waals surface area contributed by atoms with Gasteiger partial charge in [0.05, 0.1) is 19.3 Å². The summed E-state index contributed by atoms with van der Waals surface area (Å²) in [5, 5.41) is 5.71. The van der Waals surface area contributed by atoms with Gasteiger partial charge in [-0.25, -0.2) is 0 Å². The number of rotatable bonds is 8. The molecule has 3 nitrogen and oxygen atoms in total. The second-order valence-corrected chi connectivity index (χ2v) is 10.8. The van der Waals surface area contributed by atoms with Crippen LogP contribution < -0.4 is 20.4 Å². The Hall–Kier alpha value is -2.52. The minimum atomic E-state index is -2.45. The molecule has 29 heavy (non-hydrogen) atoms. The van der Waals surface area contributed by atoms with E-state index in [2.05, 4.69) is 11.7 Å². The fourth-order valence-corrected chi connectivity index (χ4v) is 6.68. The zero-order valence-corrected chi connectivity index (χ0v) is 18.3. The van der Waals surface area contributed by atoms with Crippen LogP contribution in [0.3, 0.4) is 0 Å². The standard InChI is InChI=1S/C24H24NO2PS/c1-18(19(2)26)24(22-16-10-11-17-23(22)27-3)25-28(29,20-12-6-4-7-13-20)21-14-8-5-9-15-21/h4-17,24H,1H2,2-3H3,(H,25,29). The van der Waals surface area contributed by atoms with Crippen molar-refractivity contribution in [3.05, 3.63) is 103 Å². The molecule has 3 rings (SSSR count). The van der Waals surface area contributed by atoms with E-state index < -0.39 is 12.2 Å². The van der Waals surface area contributed by atoms with Crippen molar-refractivity contribution in [2.75, 3.05) is 7.11 Å². The van der Waals surface area contributed by atoms with Crippen molar-refractivity contribution in [1.82, 2.24) is 5.09 Å². The SMILES string of the molecule is C=C(C(C)=O)C(NP(=S)(c1ccccc1)c1ccccc1)c1ccccc1OC. The van der Waals surface area contributed by atoms with Crippen molar-refractivity contribution in [2.45, 2.75) is 13.0 Å². The van der Waals surface area contributed by atoms with Crippen LogP contribution in [0.5, 0.6) is 5.75 Å². The summed E-state index contributed by atoms with van der Waals surface area (Å²) in [6.45, 7) is 5.61. The number of ether oxygens (including phenoxy) is 1. The Morgan fingerprint density at radius 1 is 0.931 bits per heavy atom. The second-order valence-electron chi connectivity index (χ2n) is 6.67. The zero-order valence-electron chi connectivity index (χ0n) is 16.5. The molecule has 0 radical (unpaired) electrons. The van der Waals surface area contributed by atoms with Crippen LogP contribution in [0.2, 0.25) is 0 Å². The van der Waals surface area contributed by atoms with Gasteiger partial charge < -0.3 is 4.74 Å². The molecule has 1 atom stereocenters. The molecule has 148 valence electrons. The van der Waals surface area contributed by atoms with Crippen LogP contribution in [0, 0.1) is 0 Å². The predicted octanol–water partition coefficient (Wildman–Crippen LogP) is 4.52. The largest absolute Gasteiger partial charge is 0.496 e. The minimum Gasteiger partial charge on any atom is -0.496 e. The Labute approximate surface area is 177 Å². The van der Waals surface area contributed by atoms with Crippen molar-refractivity contribution >= 4 is 34.4 Å². The lowest BCUT2D eigenvalue weighted by molar-refractivity contribution is -0.113. The zero-order chi connectivity index (χ0) is 20.9. The van der Waals surface area contributed by atoms with Crippen LogP contribution in [0.25, 0.3) is 0 Å². The summed E-state index contributed by atoms with van der Waals surface area (Å²) in [5.41, 5.74) is 1.30. The van der Waals surface area contributed by atoms with Crippen LogP contribution in [0.15, 0.2) is 97.1 Å². The van der Waals surface area contributed by atoms with Crippen LogP contribution in [0.1, 0.15) is 18.5 Å². The van der Waals surface area contributed by atoms with E-state index in [-0.39, 0.29) is 5.78 Å². The van der Waals surface area contributed by atoms with Gasteiger partial charge in [0, 0.05) is 21.7 Å². The van der Waals surface area contributed by atoms with Crippen molar-refractivity contribution in [3.63, 3.8) is 0 Å². The Bertz CT molecular complexity index is 1010. The van der Waals surface area contributed by atoms with E-state index in [1.807, 2.05) is 84.9 Å². The van der Waals surface area contributed by atoms with Gasteiger partial charge in [-0.1, -0.05) is 97.2 Å². The van der Waals surface area contributed by atoms with Gasteiger partial charge in [-0.15, -0.1) is 0 Å². The van der Waals surface area contributed by atoms with Gasteiger partial charge in [-0.05, 0) is 13.0 Å². The van der Waals surface area contributed by atoms with E-state index in [0.29, 0.717) is 11.3 Å². The third-order valence-corrected chi connectivity index (χ3v) is 9.05. The predicted molar refractivity (Wildman–Crippen MR) is 125 cm³/mol. The average molecular weight is 422 g/mol. The molecule has 0 aliphatic heterocycles. The molecule has 0 saturated heterocycles. The van der Waals surface area contributed by atoms with E-state index in [9.17, 15) is 4.79 Å². The molecule has 3 aromatic rings. The van der Waals surface area contributed by atoms with Gasteiger partial charge in [0.15, 0.2) is 5.78 Å². The first-order valence-electron chi connectivity index (χ1n) is 9.29. The van der Waals surface area contributed by atoms with Gasteiger partial charge >= 0.3 is 0 Å². The number of para-hydroxylation sites is 1. The molecule has 0 spiro atoms. The number of nitrogens with one attached hydrogen (secondary N) is 1. The number of methoxy groups -OCH3 is 1. The van der Waals surface area contributed by atoms with E-state index in [4.69, 9.17) is 16.5 Å². The Morgan fingerprint density at radius 2 is 1.41 bits per heavy atom. The van der Waals surface area contributed by atoms with Crippen LogP contribution >= 0.6 is 6.19 Å². The molecule has 5 heteroatoms. The van der Waals surface area contributed by atoms with Crippen molar-refractivity contribution in [1.29, 1.82) is 0 Å². The lowest BCUT2D eigenvalue weighted by Crippen LogP contribution is -2.32. The Balaban J connectivity index is 2.18. The van der Waals surface area contributed by atoms with Gasteiger partial charge in [-0.3, -0.25) is 9.88 Å². The summed E-state index contributed by atoms with van der Waals surface area (Å²) >= 11 is 6.30. The van der Waals surface area contributed by atoms with Crippen molar-refractivity contribution < 1.29 is 9.53 Å². The average Bonchev–Trinajstić information content (AvgIpc) is 2.78. The van der Waals surface area contributed by atoms with E-state index in [1.165, 1.54) is 6.92 Å². The number of Topliss-reactive ketones (excluding diaryl/α,β-unsaturated/α-hetero) is 1. The molecule has 0 aliphatic carbocycles. The van der Waals surface area contributed by atoms with Crippen molar-refractivity contribution in [3.8, 4) is 5.75 Å².